The third-order valence-electron chi connectivity index (χ3n) is 2.65. The van der Waals surface area contributed by atoms with Crippen molar-refractivity contribution in [3.63, 3.8) is 0 Å². The van der Waals surface area contributed by atoms with E-state index < -0.39 is 5.97 Å². The molecular formula is C14H18O4. The molecule has 0 aliphatic rings. The molecule has 1 atom stereocenters. The van der Waals surface area contributed by atoms with Gasteiger partial charge in [0.1, 0.15) is 0 Å². The van der Waals surface area contributed by atoms with E-state index in [0.717, 1.165) is 11.1 Å². The number of carboxylic acids is 1. The minimum absolute atomic E-state index is 0.0672. The zero-order valence-corrected chi connectivity index (χ0v) is 10.7. The molecule has 98 valence electrons. The van der Waals surface area contributed by atoms with Crippen molar-refractivity contribution in [2.45, 2.75) is 32.6 Å². The van der Waals surface area contributed by atoms with Crippen molar-refractivity contribution < 1.29 is 19.4 Å². The number of benzene rings is 1. The van der Waals surface area contributed by atoms with E-state index in [9.17, 15) is 9.59 Å². The molecule has 0 fully saturated rings. The van der Waals surface area contributed by atoms with Crippen LogP contribution in [0.2, 0.25) is 0 Å². The van der Waals surface area contributed by atoms with Crippen LogP contribution in [0.1, 0.15) is 36.8 Å². The predicted octanol–water partition coefficient (Wildman–Crippen LogP) is 2.51. The zero-order valence-electron chi connectivity index (χ0n) is 10.7. The van der Waals surface area contributed by atoms with Crippen molar-refractivity contribution in [1.29, 1.82) is 0 Å². The molecule has 1 aromatic rings. The van der Waals surface area contributed by atoms with Crippen LogP contribution in [0.15, 0.2) is 24.3 Å². The summed E-state index contributed by atoms with van der Waals surface area (Å²) >= 11 is 0. The molecule has 1 rings (SSSR count). The molecule has 0 saturated carbocycles. The van der Waals surface area contributed by atoms with Gasteiger partial charge in [-0.25, -0.2) is 0 Å². The Morgan fingerprint density at radius 2 is 2.06 bits per heavy atom. The van der Waals surface area contributed by atoms with Gasteiger partial charge in [-0.05, 0) is 19.4 Å². The molecule has 0 bridgehead atoms. The highest BCUT2D eigenvalue weighted by molar-refractivity contribution is 5.73. The number of ether oxygens (including phenoxy) is 1. The molecule has 0 aliphatic heterocycles. The van der Waals surface area contributed by atoms with Gasteiger partial charge in [0.15, 0.2) is 0 Å². The number of aryl methyl sites for hydroxylation is 1. The fourth-order valence-electron chi connectivity index (χ4n) is 1.86. The molecule has 0 aromatic heterocycles. The van der Waals surface area contributed by atoms with Crippen molar-refractivity contribution in [3.8, 4) is 0 Å². The lowest BCUT2D eigenvalue weighted by atomic mass is 9.91. The number of carboxylic acid groups (broad SMARTS) is 1. The van der Waals surface area contributed by atoms with Crippen LogP contribution in [-0.4, -0.2) is 23.7 Å². The van der Waals surface area contributed by atoms with E-state index in [0.29, 0.717) is 6.61 Å². The topological polar surface area (TPSA) is 63.6 Å². The molecule has 0 spiro atoms. The lowest BCUT2D eigenvalue weighted by Crippen LogP contribution is -2.14. The van der Waals surface area contributed by atoms with Gasteiger partial charge in [0.05, 0.1) is 19.4 Å². The van der Waals surface area contributed by atoms with Crippen LogP contribution < -0.4 is 0 Å². The molecule has 18 heavy (non-hydrogen) atoms. The molecule has 4 nitrogen and oxygen atoms in total. The van der Waals surface area contributed by atoms with Crippen LogP contribution >= 0.6 is 0 Å². The van der Waals surface area contributed by atoms with Crippen molar-refractivity contribution in [2.24, 2.45) is 0 Å². The van der Waals surface area contributed by atoms with Crippen molar-refractivity contribution in [2.75, 3.05) is 6.61 Å². The number of hydrogen-bond acceptors (Lipinski definition) is 3. The molecule has 1 aromatic carbocycles. The highest BCUT2D eigenvalue weighted by Crippen LogP contribution is 2.24. The van der Waals surface area contributed by atoms with Gasteiger partial charge in [-0.2, -0.15) is 0 Å². The largest absolute Gasteiger partial charge is 0.481 e. The first-order valence-electron chi connectivity index (χ1n) is 5.97. The summed E-state index contributed by atoms with van der Waals surface area (Å²) in [5, 5.41) is 8.91. The molecule has 0 aliphatic carbocycles. The summed E-state index contributed by atoms with van der Waals surface area (Å²) in [4.78, 5) is 22.3. The second kappa shape index (κ2) is 6.79. The van der Waals surface area contributed by atoms with Crippen LogP contribution in [-0.2, 0) is 14.3 Å². The summed E-state index contributed by atoms with van der Waals surface area (Å²) in [6, 6.07) is 7.56. The summed E-state index contributed by atoms with van der Waals surface area (Å²) in [5.74, 6) is -1.60. The van der Waals surface area contributed by atoms with E-state index >= 15 is 0 Å². The maximum atomic E-state index is 11.5. The normalized spacial score (nSPS) is 11.9. The lowest BCUT2D eigenvalue weighted by molar-refractivity contribution is -0.144. The third-order valence-corrected chi connectivity index (χ3v) is 2.65. The summed E-state index contributed by atoms with van der Waals surface area (Å²) in [7, 11) is 0. The smallest absolute Gasteiger partial charge is 0.306 e. The van der Waals surface area contributed by atoms with Crippen molar-refractivity contribution in [1.82, 2.24) is 0 Å². The Morgan fingerprint density at radius 1 is 1.33 bits per heavy atom. The number of carbonyl (C=O) groups excluding carboxylic acids is 1. The number of carbonyl (C=O) groups is 2. The predicted molar refractivity (Wildman–Crippen MR) is 67.4 cm³/mol. The highest BCUT2D eigenvalue weighted by atomic mass is 16.5. The lowest BCUT2D eigenvalue weighted by Gasteiger charge is -2.15. The number of hydrogen-bond donors (Lipinski definition) is 1. The summed E-state index contributed by atoms with van der Waals surface area (Å²) in [6.07, 6.45) is 0.0336. The first-order chi connectivity index (χ1) is 8.52. The summed E-state index contributed by atoms with van der Waals surface area (Å²) < 4.78 is 4.87. The second-order valence-electron chi connectivity index (χ2n) is 4.22. The fourth-order valence-corrected chi connectivity index (χ4v) is 1.86. The van der Waals surface area contributed by atoms with Gasteiger partial charge >= 0.3 is 11.9 Å². The molecule has 0 saturated heterocycles. The molecule has 4 heteroatoms. The Bertz CT molecular complexity index is 426. The minimum atomic E-state index is -0.911. The number of aliphatic carboxylic acids is 1. The molecule has 0 heterocycles. The Balaban J connectivity index is 2.84. The molecule has 1 N–H and O–H groups in total. The first kappa shape index (κ1) is 14.2. The quantitative estimate of drug-likeness (QED) is 0.788. The average Bonchev–Trinajstić information content (AvgIpc) is 2.28. The SMILES string of the molecule is CCOC(=O)CC(CC(=O)O)c1cccc(C)c1. The fraction of sp³-hybridized carbons (Fsp3) is 0.429. The number of esters is 1. The van der Waals surface area contributed by atoms with E-state index in [4.69, 9.17) is 9.84 Å². The van der Waals surface area contributed by atoms with Crippen LogP contribution in [0.25, 0.3) is 0 Å². The van der Waals surface area contributed by atoms with Crippen LogP contribution in [0.3, 0.4) is 0 Å². The Morgan fingerprint density at radius 3 is 2.61 bits per heavy atom. The van der Waals surface area contributed by atoms with Crippen molar-refractivity contribution in [3.05, 3.63) is 35.4 Å². The van der Waals surface area contributed by atoms with Crippen LogP contribution in [0, 0.1) is 6.92 Å². The first-order valence-corrected chi connectivity index (χ1v) is 5.97. The molecule has 0 amide bonds. The second-order valence-corrected chi connectivity index (χ2v) is 4.22. The van der Waals surface area contributed by atoms with Crippen molar-refractivity contribution >= 4 is 11.9 Å². The van der Waals surface area contributed by atoms with Gasteiger partial charge in [0.2, 0.25) is 0 Å². The third kappa shape index (κ3) is 4.57. The van der Waals surface area contributed by atoms with Gasteiger partial charge in [0, 0.05) is 5.92 Å². The zero-order chi connectivity index (χ0) is 13.5. The molecular weight excluding hydrogens is 232 g/mol. The number of rotatable bonds is 6. The van der Waals surface area contributed by atoms with E-state index in [1.807, 2.05) is 31.2 Å². The van der Waals surface area contributed by atoms with E-state index in [2.05, 4.69) is 0 Å². The summed E-state index contributed by atoms with van der Waals surface area (Å²) in [5.41, 5.74) is 1.91. The molecule has 1 unspecified atom stereocenters. The maximum Gasteiger partial charge on any atom is 0.306 e. The van der Waals surface area contributed by atoms with Gasteiger partial charge in [-0.15, -0.1) is 0 Å². The van der Waals surface area contributed by atoms with Gasteiger partial charge in [-0.1, -0.05) is 29.8 Å². The molecule has 0 radical (unpaired) electrons. The highest BCUT2D eigenvalue weighted by Gasteiger charge is 2.20. The minimum Gasteiger partial charge on any atom is -0.481 e. The van der Waals surface area contributed by atoms with Gasteiger partial charge < -0.3 is 9.84 Å². The Kier molecular flexibility index (Phi) is 5.36. The summed E-state index contributed by atoms with van der Waals surface area (Å²) in [6.45, 7) is 3.98. The van der Waals surface area contributed by atoms with Crippen LogP contribution in [0.4, 0.5) is 0 Å². The van der Waals surface area contributed by atoms with E-state index in [1.54, 1.807) is 6.92 Å². The Hall–Kier alpha value is -1.84. The standard InChI is InChI=1S/C14H18O4/c1-3-18-14(17)9-12(8-13(15)16)11-6-4-5-10(2)7-11/h4-7,12H,3,8-9H2,1-2H3,(H,15,16). The van der Waals surface area contributed by atoms with E-state index in [1.165, 1.54) is 0 Å². The monoisotopic (exact) mass is 250 g/mol. The van der Waals surface area contributed by atoms with E-state index in [-0.39, 0.29) is 24.7 Å². The Labute approximate surface area is 107 Å². The average molecular weight is 250 g/mol. The van der Waals surface area contributed by atoms with Gasteiger partial charge in [0.25, 0.3) is 0 Å². The van der Waals surface area contributed by atoms with Crippen LogP contribution in [0.5, 0.6) is 0 Å². The maximum absolute atomic E-state index is 11.5. The van der Waals surface area contributed by atoms with Gasteiger partial charge in [-0.3, -0.25) is 9.59 Å².